The first kappa shape index (κ1) is 16.4. The minimum absolute atomic E-state index is 0.332. The van der Waals surface area contributed by atoms with Crippen LogP contribution in [0.1, 0.15) is 18.4 Å². The third-order valence-electron chi connectivity index (χ3n) is 3.77. The van der Waals surface area contributed by atoms with Crippen LogP contribution >= 0.6 is 0 Å². The maximum atomic E-state index is 12.2. The van der Waals surface area contributed by atoms with Gasteiger partial charge < -0.3 is 10.1 Å². The summed E-state index contributed by atoms with van der Waals surface area (Å²) in [5.41, 5.74) is 1.13. The molecule has 6 heteroatoms. The van der Waals surface area contributed by atoms with Gasteiger partial charge in [-0.1, -0.05) is 12.1 Å². The molecule has 1 aromatic rings. The predicted molar refractivity (Wildman–Crippen MR) is 82.8 cm³/mol. The molecule has 0 saturated carbocycles. The molecular weight excluding hydrogens is 288 g/mol. The second-order valence-corrected chi connectivity index (χ2v) is 7.18. The number of hydrogen-bond donors (Lipinski definition) is 2. The summed E-state index contributed by atoms with van der Waals surface area (Å²) in [6.45, 7) is 2.90. The molecule has 0 aliphatic carbocycles. The van der Waals surface area contributed by atoms with E-state index in [1.807, 2.05) is 19.2 Å². The second kappa shape index (κ2) is 7.89. The molecule has 1 saturated heterocycles. The summed E-state index contributed by atoms with van der Waals surface area (Å²) in [4.78, 5) is 0.332. The lowest BCUT2D eigenvalue weighted by Crippen LogP contribution is -2.26. The molecule has 2 N–H and O–H groups in total. The zero-order valence-electron chi connectivity index (χ0n) is 12.5. The van der Waals surface area contributed by atoms with E-state index in [-0.39, 0.29) is 0 Å². The maximum Gasteiger partial charge on any atom is 0.240 e. The molecule has 0 spiro atoms. The fourth-order valence-electron chi connectivity index (χ4n) is 2.40. The Kier molecular flexibility index (Phi) is 6.17. The number of rotatable bonds is 8. The van der Waals surface area contributed by atoms with E-state index in [1.165, 1.54) is 0 Å². The summed E-state index contributed by atoms with van der Waals surface area (Å²) < 4.78 is 32.3. The molecule has 0 radical (unpaired) electrons. The van der Waals surface area contributed by atoms with Crippen LogP contribution in [0.4, 0.5) is 0 Å². The molecule has 1 heterocycles. The summed E-state index contributed by atoms with van der Waals surface area (Å²) in [5.74, 6) is 0.483. The van der Waals surface area contributed by atoms with E-state index in [4.69, 9.17) is 4.74 Å². The van der Waals surface area contributed by atoms with Crippen LogP contribution in [0, 0.1) is 5.92 Å². The van der Waals surface area contributed by atoms with E-state index in [2.05, 4.69) is 10.0 Å². The van der Waals surface area contributed by atoms with E-state index in [1.54, 1.807) is 12.1 Å². The molecule has 1 unspecified atom stereocenters. The predicted octanol–water partition coefficient (Wildman–Crippen LogP) is 1.15. The first-order valence-electron chi connectivity index (χ1n) is 7.43. The maximum absolute atomic E-state index is 12.2. The Hall–Kier alpha value is -0.950. The van der Waals surface area contributed by atoms with Crippen molar-refractivity contribution in [3.63, 3.8) is 0 Å². The van der Waals surface area contributed by atoms with Gasteiger partial charge in [0.25, 0.3) is 0 Å². The lowest BCUT2D eigenvalue weighted by Gasteiger charge is -2.10. The number of benzene rings is 1. The van der Waals surface area contributed by atoms with Crippen molar-refractivity contribution in [3.05, 3.63) is 29.8 Å². The van der Waals surface area contributed by atoms with Crippen molar-refractivity contribution in [2.45, 2.75) is 24.2 Å². The van der Waals surface area contributed by atoms with Gasteiger partial charge >= 0.3 is 0 Å². The van der Waals surface area contributed by atoms with Gasteiger partial charge in [-0.3, -0.25) is 0 Å². The zero-order valence-corrected chi connectivity index (χ0v) is 13.3. The molecule has 1 aliphatic heterocycles. The fourth-order valence-corrected chi connectivity index (χ4v) is 3.44. The van der Waals surface area contributed by atoms with Gasteiger partial charge in [0.1, 0.15) is 0 Å². The monoisotopic (exact) mass is 312 g/mol. The first-order valence-corrected chi connectivity index (χ1v) is 8.91. The van der Waals surface area contributed by atoms with Gasteiger partial charge in [0.05, 0.1) is 4.90 Å². The van der Waals surface area contributed by atoms with Gasteiger partial charge in [0.15, 0.2) is 0 Å². The van der Waals surface area contributed by atoms with E-state index in [0.717, 1.165) is 44.6 Å². The SMILES string of the molecule is CNCCc1ccc(S(=O)(=O)NCCC2CCOC2)cc1. The van der Waals surface area contributed by atoms with Crippen LogP contribution in [0.15, 0.2) is 29.2 Å². The molecule has 2 rings (SSSR count). The zero-order chi connectivity index (χ0) is 15.1. The molecule has 0 bridgehead atoms. The minimum Gasteiger partial charge on any atom is -0.381 e. The van der Waals surface area contributed by atoms with Crippen molar-refractivity contribution in [3.8, 4) is 0 Å². The average Bonchev–Trinajstić information content (AvgIpc) is 2.98. The highest BCUT2D eigenvalue weighted by Gasteiger charge is 2.18. The molecule has 21 heavy (non-hydrogen) atoms. The largest absolute Gasteiger partial charge is 0.381 e. The van der Waals surface area contributed by atoms with Crippen molar-refractivity contribution in [2.75, 3.05) is 33.4 Å². The molecule has 5 nitrogen and oxygen atoms in total. The van der Waals surface area contributed by atoms with Crippen molar-refractivity contribution >= 4 is 10.0 Å². The van der Waals surface area contributed by atoms with Gasteiger partial charge in [-0.2, -0.15) is 0 Å². The third-order valence-corrected chi connectivity index (χ3v) is 5.24. The number of ether oxygens (including phenoxy) is 1. The van der Waals surface area contributed by atoms with Crippen LogP contribution in [-0.4, -0.2) is 41.8 Å². The van der Waals surface area contributed by atoms with Crippen LogP contribution in [-0.2, 0) is 21.2 Å². The average molecular weight is 312 g/mol. The van der Waals surface area contributed by atoms with Gasteiger partial charge in [-0.15, -0.1) is 0 Å². The molecule has 1 aliphatic rings. The Morgan fingerprint density at radius 3 is 2.62 bits per heavy atom. The molecule has 1 fully saturated rings. The van der Waals surface area contributed by atoms with E-state index in [9.17, 15) is 8.42 Å². The van der Waals surface area contributed by atoms with Crippen molar-refractivity contribution in [1.29, 1.82) is 0 Å². The molecule has 1 aromatic carbocycles. The number of likely N-dealkylation sites (N-methyl/N-ethyl adjacent to an activating group) is 1. The van der Waals surface area contributed by atoms with Crippen molar-refractivity contribution in [1.82, 2.24) is 10.0 Å². The Morgan fingerprint density at radius 2 is 2.00 bits per heavy atom. The Morgan fingerprint density at radius 1 is 1.24 bits per heavy atom. The molecule has 118 valence electrons. The van der Waals surface area contributed by atoms with Crippen molar-refractivity contribution in [2.24, 2.45) is 5.92 Å². The van der Waals surface area contributed by atoms with Gasteiger partial charge in [-0.05, 0) is 56.5 Å². The minimum atomic E-state index is -3.40. The molecular formula is C15H24N2O3S. The fraction of sp³-hybridized carbons (Fsp3) is 0.600. The molecule has 0 amide bonds. The number of sulfonamides is 1. The Bertz CT molecular complexity index is 522. The summed E-state index contributed by atoms with van der Waals surface area (Å²) in [6.07, 6.45) is 2.76. The van der Waals surface area contributed by atoms with E-state index in [0.29, 0.717) is 17.4 Å². The summed E-state index contributed by atoms with van der Waals surface area (Å²) in [5, 5.41) is 3.07. The second-order valence-electron chi connectivity index (χ2n) is 5.41. The molecule has 1 atom stereocenters. The van der Waals surface area contributed by atoms with Crippen LogP contribution in [0.25, 0.3) is 0 Å². The summed E-state index contributed by atoms with van der Waals surface area (Å²) in [6, 6.07) is 7.09. The van der Waals surface area contributed by atoms with Crippen LogP contribution in [0.5, 0.6) is 0 Å². The topological polar surface area (TPSA) is 67.4 Å². The van der Waals surface area contributed by atoms with E-state index >= 15 is 0 Å². The smallest absolute Gasteiger partial charge is 0.240 e. The highest BCUT2D eigenvalue weighted by molar-refractivity contribution is 7.89. The van der Waals surface area contributed by atoms with Gasteiger partial charge in [0.2, 0.25) is 10.0 Å². The lowest BCUT2D eigenvalue weighted by atomic mass is 10.1. The first-order chi connectivity index (χ1) is 10.1. The van der Waals surface area contributed by atoms with E-state index < -0.39 is 10.0 Å². The summed E-state index contributed by atoms with van der Waals surface area (Å²) >= 11 is 0. The standard InChI is InChI=1S/C15H24N2O3S/c1-16-9-6-13-2-4-15(5-3-13)21(18,19)17-10-7-14-8-11-20-12-14/h2-5,14,16-17H,6-12H2,1H3. The van der Waals surface area contributed by atoms with Crippen LogP contribution < -0.4 is 10.0 Å². The number of hydrogen-bond acceptors (Lipinski definition) is 4. The third kappa shape index (κ3) is 5.07. The normalized spacial score (nSPS) is 19.0. The van der Waals surface area contributed by atoms with Gasteiger partial charge in [-0.25, -0.2) is 13.1 Å². The van der Waals surface area contributed by atoms with Crippen LogP contribution in [0.3, 0.4) is 0 Å². The van der Waals surface area contributed by atoms with Crippen molar-refractivity contribution < 1.29 is 13.2 Å². The molecule has 0 aromatic heterocycles. The Labute approximate surface area is 127 Å². The highest BCUT2D eigenvalue weighted by atomic mass is 32.2. The quantitative estimate of drug-likeness (QED) is 0.756. The number of nitrogens with one attached hydrogen (secondary N) is 2. The summed E-state index contributed by atoms with van der Waals surface area (Å²) in [7, 11) is -1.49. The lowest BCUT2D eigenvalue weighted by molar-refractivity contribution is 0.184. The highest BCUT2D eigenvalue weighted by Crippen LogP contribution is 2.16. The van der Waals surface area contributed by atoms with Gasteiger partial charge in [0, 0.05) is 19.8 Å². The Balaban J connectivity index is 1.85. The van der Waals surface area contributed by atoms with Crippen LogP contribution in [0.2, 0.25) is 0 Å².